The molecule has 1 saturated heterocycles. The van der Waals surface area contributed by atoms with Crippen LogP contribution in [0, 0.1) is 0 Å². The molecule has 0 N–H and O–H groups in total. The van der Waals surface area contributed by atoms with Crippen LogP contribution in [-0.2, 0) is 13.6 Å². The summed E-state index contributed by atoms with van der Waals surface area (Å²) in [5, 5.41) is 8.13. The molecule has 1 amide bonds. The molecule has 6 nitrogen and oxygen atoms in total. The topological polar surface area (TPSA) is 54.3 Å². The third-order valence-electron chi connectivity index (χ3n) is 5.08. The van der Waals surface area contributed by atoms with Crippen molar-refractivity contribution in [3.8, 4) is 0 Å². The molecule has 1 fully saturated rings. The average Bonchev–Trinajstić information content (AvgIpc) is 3.03. The maximum Gasteiger partial charge on any atom is 0.254 e. The molecular formula is C20H23N5O. The van der Waals surface area contributed by atoms with Crippen LogP contribution in [0.4, 0.5) is 0 Å². The van der Waals surface area contributed by atoms with E-state index in [4.69, 9.17) is 0 Å². The number of rotatable bonds is 3. The Bertz CT molecular complexity index is 920. The second-order valence-electron chi connectivity index (χ2n) is 6.98. The number of piperazine rings is 1. The first-order valence-corrected chi connectivity index (χ1v) is 8.98. The summed E-state index contributed by atoms with van der Waals surface area (Å²) in [6.45, 7) is 5.56. The zero-order valence-electron chi connectivity index (χ0n) is 15.2. The van der Waals surface area contributed by atoms with Crippen molar-refractivity contribution in [3.63, 3.8) is 0 Å². The van der Waals surface area contributed by atoms with Gasteiger partial charge >= 0.3 is 0 Å². The Balaban J connectivity index is 1.45. The molecule has 0 spiro atoms. The molecule has 0 saturated carbocycles. The standard InChI is InChI=1S/C20H23N5O/c1-15-13-24(14-16-6-4-3-5-7-16)10-11-25(15)20(26)17-8-9-19-18(12-17)21-22-23(19)2/h3-9,12,15H,10-11,13-14H2,1-2H3. The summed E-state index contributed by atoms with van der Waals surface area (Å²) < 4.78 is 1.72. The number of carbonyl (C=O) groups is 1. The number of nitrogens with zero attached hydrogens (tertiary/aromatic N) is 5. The SMILES string of the molecule is CC1CN(Cc2ccccc2)CCN1C(=O)c1ccc2c(c1)nnn2C. The second-order valence-corrected chi connectivity index (χ2v) is 6.98. The van der Waals surface area contributed by atoms with Crippen LogP contribution < -0.4 is 0 Å². The number of aromatic nitrogens is 3. The summed E-state index contributed by atoms with van der Waals surface area (Å²) in [5.41, 5.74) is 3.69. The highest BCUT2D eigenvalue weighted by atomic mass is 16.2. The molecule has 1 atom stereocenters. The van der Waals surface area contributed by atoms with E-state index in [9.17, 15) is 4.79 Å². The average molecular weight is 349 g/mol. The molecule has 1 aliphatic heterocycles. The predicted octanol–water partition coefficient (Wildman–Crippen LogP) is 2.31. The minimum absolute atomic E-state index is 0.0735. The molecule has 0 radical (unpaired) electrons. The number of aryl methyl sites for hydroxylation is 1. The minimum Gasteiger partial charge on any atom is -0.333 e. The highest BCUT2D eigenvalue weighted by Crippen LogP contribution is 2.19. The van der Waals surface area contributed by atoms with E-state index in [2.05, 4.69) is 46.4 Å². The van der Waals surface area contributed by atoms with Gasteiger partial charge in [-0.15, -0.1) is 5.10 Å². The zero-order chi connectivity index (χ0) is 18.1. The van der Waals surface area contributed by atoms with E-state index in [1.807, 2.05) is 36.2 Å². The van der Waals surface area contributed by atoms with E-state index in [-0.39, 0.29) is 11.9 Å². The zero-order valence-corrected chi connectivity index (χ0v) is 15.2. The smallest absolute Gasteiger partial charge is 0.254 e. The molecular weight excluding hydrogens is 326 g/mol. The molecule has 0 aliphatic carbocycles. The molecule has 4 rings (SSSR count). The molecule has 0 bridgehead atoms. The van der Waals surface area contributed by atoms with Gasteiger partial charge in [0, 0.05) is 44.8 Å². The fourth-order valence-corrected chi connectivity index (χ4v) is 3.66. The van der Waals surface area contributed by atoms with Gasteiger partial charge in [-0.05, 0) is 30.7 Å². The first kappa shape index (κ1) is 16.7. The van der Waals surface area contributed by atoms with Gasteiger partial charge in [0.05, 0.1) is 5.52 Å². The normalized spacial score (nSPS) is 18.4. The van der Waals surface area contributed by atoms with Crippen molar-refractivity contribution in [2.45, 2.75) is 19.5 Å². The van der Waals surface area contributed by atoms with Crippen LogP contribution in [0.3, 0.4) is 0 Å². The van der Waals surface area contributed by atoms with Crippen LogP contribution in [0.2, 0.25) is 0 Å². The van der Waals surface area contributed by atoms with Gasteiger partial charge in [-0.25, -0.2) is 4.68 Å². The lowest BCUT2D eigenvalue weighted by Crippen LogP contribution is -2.53. The first-order chi connectivity index (χ1) is 12.6. The van der Waals surface area contributed by atoms with Crippen LogP contribution >= 0.6 is 0 Å². The largest absolute Gasteiger partial charge is 0.333 e. The van der Waals surface area contributed by atoms with Crippen molar-refractivity contribution < 1.29 is 4.79 Å². The van der Waals surface area contributed by atoms with Crippen LogP contribution in [0.5, 0.6) is 0 Å². The summed E-state index contributed by atoms with van der Waals surface area (Å²) in [7, 11) is 1.85. The maximum absolute atomic E-state index is 13.0. The summed E-state index contributed by atoms with van der Waals surface area (Å²) in [6, 6.07) is 16.3. The fraction of sp³-hybridized carbons (Fsp3) is 0.350. The van der Waals surface area contributed by atoms with E-state index in [1.165, 1.54) is 5.56 Å². The maximum atomic E-state index is 13.0. The number of hydrogen-bond acceptors (Lipinski definition) is 4. The highest BCUT2D eigenvalue weighted by Gasteiger charge is 2.28. The van der Waals surface area contributed by atoms with Crippen molar-refractivity contribution in [1.82, 2.24) is 24.8 Å². The second kappa shape index (κ2) is 6.88. The van der Waals surface area contributed by atoms with Gasteiger partial charge in [0.25, 0.3) is 5.91 Å². The molecule has 1 aromatic heterocycles. The van der Waals surface area contributed by atoms with Gasteiger partial charge in [0.2, 0.25) is 0 Å². The number of fused-ring (bicyclic) bond motifs is 1. The molecule has 2 aromatic carbocycles. The Morgan fingerprint density at radius 2 is 1.96 bits per heavy atom. The summed E-state index contributed by atoms with van der Waals surface area (Å²) in [5.74, 6) is 0.0735. The molecule has 26 heavy (non-hydrogen) atoms. The fourth-order valence-electron chi connectivity index (χ4n) is 3.66. The predicted molar refractivity (Wildman–Crippen MR) is 101 cm³/mol. The molecule has 6 heteroatoms. The molecule has 1 unspecified atom stereocenters. The Hall–Kier alpha value is -2.73. The number of benzene rings is 2. The molecule has 134 valence electrons. The molecule has 3 aromatic rings. The van der Waals surface area contributed by atoms with Gasteiger partial charge < -0.3 is 4.90 Å². The summed E-state index contributed by atoms with van der Waals surface area (Å²) in [4.78, 5) is 17.4. The van der Waals surface area contributed by atoms with Crippen LogP contribution in [-0.4, -0.2) is 56.4 Å². The minimum atomic E-state index is 0.0735. The highest BCUT2D eigenvalue weighted by molar-refractivity contribution is 5.97. The van der Waals surface area contributed by atoms with Crippen LogP contribution in [0.1, 0.15) is 22.8 Å². The summed E-state index contributed by atoms with van der Waals surface area (Å²) in [6.07, 6.45) is 0. The van der Waals surface area contributed by atoms with Crippen LogP contribution in [0.25, 0.3) is 11.0 Å². The monoisotopic (exact) mass is 349 g/mol. The van der Waals surface area contributed by atoms with Crippen molar-refractivity contribution in [3.05, 3.63) is 59.7 Å². The lowest BCUT2D eigenvalue weighted by molar-refractivity contribution is 0.0475. The van der Waals surface area contributed by atoms with Crippen molar-refractivity contribution in [2.75, 3.05) is 19.6 Å². The first-order valence-electron chi connectivity index (χ1n) is 8.98. The van der Waals surface area contributed by atoms with Gasteiger partial charge in [0.15, 0.2) is 0 Å². The Morgan fingerprint density at radius 3 is 2.73 bits per heavy atom. The number of hydrogen-bond donors (Lipinski definition) is 0. The number of amides is 1. The van der Waals surface area contributed by atoms with E-state index in [0.29, 0.717) is 5.56 Å². The third kappa shape index (κ3) is 3.20. The van der Waals surface area contributed by atoms with Crippen molar-refractivity contribution in [2.24, 2.45) is 7.05 Å². The lowest BCUT2D eigenvalue weighted by Gasteiger charge is -2.40. The van der Waals surface area contributed by atoms with Gasteiger partial charge in [-0.1, -0.05) is 35.5 Å². The van der Waals surface area contributed by atoms with Crippen LogP contribution in [0.15, 0.2) is 48.5 Å². The lowest BCUT2D eigenvalue weighted by atomic mass is 10.1. The van der Waals surface area contributed by atoms with Gasteiger partial charge in [-0.2, -0.15) is 0 Å². The molecule has 1 aliphatic rings. The van der Waals surface area contributed by atoms with Gasteiger partial charge in [0.1, 0.15) is 5.52 Å². The Kier molecular flexibility index (Phi) is 4.42. The Morgan fingerprint density at radius 1 is 1.15 bits per heavy atom. The van der Waals surface area contributed by atoms with E-state index >= 15 is 0 Å². The Labute approximate surface area is 153 Å². The molecule has 2 heterocycles. The van der Waals surface area contributed by atoms with E-state index in [1.54, 1.807) is 4.68 Å². The van der Waals surface area contributed by atoms with Crippen molar-refractivity contribution >= 4 is 16.9 Å². The summed E-state index contributed by atoms with van der Waals surface area (Å²) >= 11 is 0. The van der Waals surface area contributed by atoms with E-state index in [0.717, 1.165) is 37.2 Å². The number of carbonyl (C=O) groups excluding carboxylic acids is 1. The quantitative estimate of drug-likeness (QED) is 0.728. The van der Waals surface area contributed by atoms with E-state index < -0.39 is 0 Å². The third-order valence-corrected chi connectivity index (χ3v) is 5.08. The van der Waals surface area contributed by atoms with Crippen molar-refractivity contribution in [1.29, 1.82) is 0 Å². The van der Waals surface area contributed by atoms with Gasteiger partial charge in [-0.3, -0.25) is 9.69 Å².